The van der Waals surface area contributed by atoms with E-state index >= 15 is 0 Å². The molecule has 0 aliphatic carbocycles. The zero-order chi connectivity index (χ0) is 19.1. The lowest BCUT2D eigenvalue weighted by Crippen LogP contribution is -2.33. The SMILES string of the molecule is C=CCC1(Cn2ccnc2)Sc2cc(C(F)(F)F)c([N+](=O)[O-])cc2C1O. The van der Waals surface area contributed by atoms with Gasteiger partial charge < -0.3 is 9.67 Å². The summed E-state index contributed by atoms with van der Waals surface area (Å²) in [4.78, 5) is 14.1. The van der Waals surface area contributed by atoms with Crippen molar-refractivity contribution in [3.05, 3.63) is 64.7 Å². The number of aromatic nitrogens is 2. The van der Waals surface area contributed by atoms with Gasteiger partial charge in [-0.2, -0.15) is 13.2 Å². The van der Waals surface area contributed by atoms with E-state index in [2.05, 4.69) is 11.6 Å². The number of benzene rings is 1. The normalized spacial score (nSPS) is 22.2. The number of hydrogen-bond acceptors (Lipinski definition) is 5. The van der Waals surface area contributed by atoms with Crippen molar-refractivity contribution in [1.29, 1.82) is 0 Å². The van der Waals surface area contributed by atoms with Gasteiger partial charge in [-0.1, -0.05) is 6.08 Å². The number of nitro benzene ring substituents is 1. The predicted octanol–water partition coefficient (Wildman–Crippen LogP) is 3.96. The van der Waals surface area contributed by atoms with Gasteiger partial charge in [0.2, 0.25) is 0 Å². The molecule has 0 saturated carbocycles. The van der Waals surface area contributed by atoms with Gasteiger partial charge in [0.25, 0.3) is 5.69 Å². The van der Waals surface area contributed by atoms with Crippen LogP contribution in [0.15, 0.2) is 48.4 Å². The van der Waals surface area contributed by atoms with Crippen LogP contribution < -0.4 is 0 Å². The van der Waals surface area contributed by atoms with Crippen molar-refractivity contribution in [3.63, 3.8) is 0 Å². The van der Waals surface area contributed by atoms with Crippen molar-refractivity contribution < 1.29 is 23.2 Å². The van der Waals surface area contributed by atoms with E-state index in [0.717, 1.165) is 23.9 Å². The lowest BCUT2D eigenvalue weighted by Gasteiger charge is -2.31. The summed E-state index contributed by atoms with van der Waals surface area (Å²) in [6.07, 6.45) is 0.558. The highest BCUT2D eigenvalue weighted by Gasteiger charge is 2.49. The number of imidazole rings is 1. The number of thioether (sulfide) groups is 1. The van der Waals surface area contributed by atoms with E-state index in [1.807, 2.05) is 0 Å². The van der Waals surface area contributed by atoms with Crippen molar-refractivity contribution in [3.8, 4) is 0 Å². The first kappa shape index (κ1) is 18.5. The molecule has 2 aromatic rings. The van der Waals surface area contributed by atoms with E-state index in [1.54, 1.807) is 23.0 Å². The first-order chi connectivity index (χ1) is 12.2. The number of alkyl halides is 3. The van der Waals surface area contributed by atoms with Crippen LogP contribution in [0.3, 0.4) is 0 Å². The zero-order valence-corrected chi connectivity index (χ0v) is 14.1. The third-order valence-electron chi connectivity index (χ3n) is 4.24. The second-order valence-electron chi connectivity index (χ2n) is 5.96. The maximum atomic E-state index is 13.2. The van der Waals surface area contributed by atoms with Gasteiger partial charge in [0, 0.05) is 35.5 Å². The second kappa shape index (κ2) is 6.44. The molecule has 0 fully saturated rings. The fraction of sp³-hybridized carbons (Fsp3) is 0.312. The molecule has 0 amide bonds. The van der Waals surface area contributed by atoms with Crippen LogP contribution in [0.5, 0.6) is 0 Å². The first-order valence-corrected chi connectivity index (χ1v) is 8.33. The van der Waals surface area contributed by atoms with Gasteiger partial charge in [-0.05, 0) is 12.5 Å². The molecule has 3 rings (SSSR count). The highest BCUT2D eigenvalue weighted by atomic mass is 32.2. The number of nitrogens with zero attached hydrogens (tertiary/aromatic N) is 3. The number of aliphatic hydroxyl groups is 1. The third kappa shape index (κ3) is 3.10. The number of allylic oxidation sites excluding steroid dienone is 1. The molecule has 0 saturated heterocycles. The molecule has 1 aromatic carbocycles. The maximum Gasteiger partial charge on any atom is 0.423 e. The van der Waals surface area contributed by atoms with E-state index in [4.69, 9.17) is 0 Å². The van der Waals surface area contributed by atoms with Gasteiger partial charge >= 0.3 is 6.18 Å². The Balaban J connectivity index is 2.10. The van der Waals surface area contributed by atoms with Crippen LogP contribution >= 0.6 is 11.8 Å². The van der Waals surface area contributed by atoms with E-state index in [9.17, 15) is 28.4 Å². The number of fused-ring (bicyclic) bond motifs is 1. The van der Waals surface area contributed by atoms with E-state index in [-0.39, 0.29) is 17.0 Å². The van der Waals surface area contributed by atoms with Crippen LogP contribution in [0.4, 0.5) is 18.9 Å². The van der Waals surface area contributed by atoms with Crippen LogP contribution in [0.1, 0.15) is 23.7 Å². The van der Waals surface area contributed by atoms with E-state index < -0.39 is 33.2 Å². The highest BCUT2D eigenvalue weighted by Crippen LogP contribution is 2.57. The van der Waals surface area contributed by atoms with Gasteiger partial charge in [-0.15, -0.1) is 18.3 Å². The van der Waals surface area contributed by atoms with Gasteiger partial charge in [0.05, 0.1) is 22.1 Å². The van der Waals surface area contributed by atoms with Crippen molar-refractivity contribution >= 4 is 17.4 Å². The number of aliphatic hydroxyl groups excluding tert-OH is 1. The molecule has 1 aliphatic heterocycles. The summed E-state index contributed by atoms with van der Waals surface area (Å²) in [5.41, 5.74) is -2.26. The molecule has 6 nitrogen and oxygen atoms in total. The molecule has 2 unspecified atom stereocenters. The molecule has 1 N–H and O–H groups in total. The summed E-state index contributed by atoms with van der Waals surface area (Å²) in [5, 5.41) is 21.9. The second-order valence-corrected chi connectivity index (χ2v) is 7.42. The molecule has 0 spiro atoms. The summed E-state index contributed by atoms with van der Waals surface area (Å²) in [7, 11) is 0. The number of hydrogen-bond donors (Lipinski definition) is 1. The molecule has 138 valence electrons. The average Bonchev–Trinajstić information content (AvgIpc) is 3.13. The van der Waals surface area contributed by atoms with Gasteiger partial charge in [-0.25, -0.2) is 4.98 Å². The summed E-state index contributed by atoms with van der Waals surface area (Å²) < 4.78 is 40.4. The van der Waals surface area contributed by atoms with E-state index in [1.165, 1.54) is 6.33 Å². The third-order valence-corrected chi connectivity index (χ3v) is 5.73. The Bertz CT molecular complexity index is 854. The molecule has 10 heteroatoms. The van der Waals surface area contributed by atoms with Crippen molar-refractivity contribution in [2.24, 2.45) is 0 Å². The monoisotopic (exact) mass is 385 g/mol. The van der Waals surface area contributed by atoms with Crippen LogP contribution in [0, 0.1) is 10.1 Å². The minimum Gasteiger partial charge on any atom is -0.387 e. The molecule has 2 heterocycles. The lowest BCUT2D eigenvalue weighted by molar-refractivity contribution is -0.388. The minimum atomic E-state index is -4.86. The predicted molar refractivity (Wildman–Crippen MR) is 88.7 cm³/mol. The van der Waals surface area contributed by atoms with Crippen molar-refractivity contribution in [1.82, 2.24) is 9.55 Å². The summed E-state index contributed by atoms with van der Waals surface area (Å²) in [6.45, 7) is 3.92. The van der Waals surface area contributed by atoms with Crippen molar-refractivity contribution in [2.45, 2.75) is 34.9 Å². The fourth-order valence-corrected chi connectivity index (χ4v) is 4.65. The summed E-state index contributed by atoms with van der Waals surface area (Å²) >= 11 is 1.07. The van der Waals surface area contributed by atoms with Crippen molar-refractivity contribution in [2.75, 3.05) is 0 Å². The number of nitro groups is 1. The molecule has 26 heavy (non-hydrogen) atoms. The van der Waals surface area contributed by atoms with Crippen LogP contribution in [-0.4, -0.2) is 24.3 Å². The fourth-order valence-electron chi connectivity index (χ4n) is 3.09. The van der Waals surface area contributed by atoms with Crippen LogP contribution in [0.2, 0.25) is 0 Å². The Kier molecular flexibility index (Phi) is 4.57. The molecule has 1 aromatic heterocycles. The van der Waals surface area contributed by atoms with Gasteiger partial charge in [0.1, 0.15) is 5.56 Å². The number of halogens is 3. The molecular formula is C16H14F3N3O3S. The minimum absolute atomic E-state index is 0.122. The molecular weight excluding hydrogens is 371 g/mol. The van der Waals surface area contributed by atoms with Crippen LogP contribution in [0.25, 0.3) is 0 Å². The Labute approximate surface area is 150 Å². The van der Waals surface area contributed by atoms with Gasteiger partial charge in [0.15, 0.2) is 0 Å². The smallest absolute Gasteiger partial charge is 0.387 e. The van der Waals surface area contributed by atoms with Gasteiger partial charge in [-0.3, -0.25) is 10.1 Å². The lowest BCUT2D eigenvalue weighted by atomic mass is 9.91. The summed E-state index contributed by atoms with van der Waals surface area (Å²) in [6, 6.07) is 1.58. The quantitative estimate of drug-likeness (QED) is 0.479. The largest absolute Gasteiger partial charge is 0.423 e. The molecule has 1 aliphatic rings. The Hall–Kier alpha value is -2.33. The Morgan fingerprint density at radius 3 is 2.77 bits per heavy atom. The Morgan fingerprint density at radius 2 is 2.23 bits per heavy atom. The topological polar surface area (TPSA) is 81.2 Å². The standard InChI is InChI=1S/C16H14F3N3O3S/c1-2-3-15(8-21-5-4-20-9-21)14(23)10-6-12(22(24)25)11(16(17,18)19)7-13(10)26-15/h2,4-7,9,14,23H,1,3,8H2. The maximum absolute atomic E-state index is 13.2. The number of rotatable bonds is 5. The average molecular weight is 385 g/mol. The van der Waals surface area contributed by atoms with Crippen LogP contribution in [-0.2, 0) is 12.7 Å². The molecule has 2 atom stereocenters. The Morgan fingerprint density at radius 1 is 1.50 bits per heavy atom. The highest BCUT2D eigenvalue weighted by molar-refractivity contribution is 8.01. The zero-order valence-electron chi connectivity index (χ0n) is 13.3. The first-order valence-electron chi connectivity index (χ1n) is 7.51. The van der Waals surface area contributed by atoms with E-state index in [0.29, 0.717) is 6.42 Å². The molecule has 0 bridgehead atoms. The summed E-state index contributed by atoms with van der Waals surface area (Å²) in [5.74, 6) is 0. The molecule has 0 radical (unpaired) electrons.